The van der Waals surface area contributed by atoms with Crippen LogP contribution in [0.1, 0.15) is 11.7 Å². The van der Waals surface area contributed by atoms with Crippen LogP contribution in [-0.4, -0.2) is 16.8 Å². The molecule has 0 fully saturated rings. The maximum absolute atomic E-state index is 9.35. The van der Waals surface area contributed by atoms with E-state index in [1.54, 1.807) is 18.2 Å². The summed E-state index contributed by atoms with van der Waals surface area (Å²) < 4.78 is 0. The first-order chi connectivity index (χ1) is 5.66. The van der Waals surface area contributed by atoms with E-state index in [1.165, 1.54) is 0 Å². The molecule has 4 heteroatoms. The Bertz CT molecular complexity index is 278. The summed E-state index contributed by atoms with van der Waals surface area (Å²) in [6, 6.07) is 4.78. The highest BCUT2D eigenvalue weighted by atomic mass is 35.5. The van der Waals surface area contributed by atoms with E-state index in [0.717, 1.165) is 0 Å². The highest BCUT2D eigenvalue weighted by molar-refractivity contribution is 6.32. The van der Waals surface area contributed by atoms with Crippen LogP contribution in [0.15, 0.2) is 18.2 Å². The average molecular weight is 188 g/mol. The number of rotatable bonds is 2. The van der Waals surface area contributed by atoms with E-state index in [9.17, 15) is 10.2 Å². The molecule has 4 N–H and O–H groups in total. The average Bonchev–Trinajstić information content (AvgIpc) is 2.08. The lowest BCUT2D eigenvalue weighted by atomic mass is 10.1. The number of aliphatic hydroxyl groups is 1. The summed E-state index contributed by atoms with van der Waals surface area (Å²) in [4.78, 5) is 0. The van der Waals surface area contributed by atoms with Crippen LogP contribution in [0.2, 0.25) is 5.02 Å². The Morgan fingerprint density at radius 3 is 2.75 bits per heavy atom. The molecule has 1 rings (SSSR count). The van der Waals surface area contributed by atoms with Crippen molar-refractivity contribution in [2.24, 2.45) is 5.73 Å². The minimum absolute atomic E-state index is 0.0634. The number of halogens is 1. The van der Waals surface area contributed by atoms with Crippen LogP contribution in [0, 0.1) is 0 Å². The first kappa shape index (κ1) is 9.32. The van der Waals surface area contributed by atoms with Crippen molar-refractivity contribution in [2.75, 3.05) is 6.54 Å². The summed E-state index contributed by atoms with van der Waals surface area (Å²) >= 11 is 5.61. The Balaban J connectivity index is 3.07. The van der Waals surface area contributed by atoms with Crippen LogP contribution in [0.5, 0.6) is 5.75 Å². The second-order valence-corrected chi connectivity index (χ2v) is 2.84. The molecule has 0 aliphatic rings. The van der Waals surface area contributed by atoms with Gasteiger partial charge in [-0.25, -0.2) is 0 Å². The lowest BCUT2D eigenvalue weighted by Crippen LogP contribution is -2.11. The largest absolute Gasteiger partial charge is 0.506 e. The van der Waals surface area contributed by atoms with Gasteiger partial charge in [0.2, 0.25) is 0 Å². The number of phenols is 1. The molecule has 1 aromatic rings. The topological polar surface area (TPSA) is 66.5 Å². The van der Waals surface area contributed by atoms with E-state index in [-0.39, 0.29) is 17.3 Å². The molecule has 0 saturated heterocycles. The molecule has 0 aliphatic carbocycles. The Hall–Kier alpha value is -0.770. The number of nitrogens with two attached hydrogens (primary N) is 1. The van der Waals surface area contributed by atoms with Gasteiger partial charge in [-0.15, -0.1) is 0 Å². The molecule has 0 amide bonds. The van der Waals surface area contributed by atoms with Gasteiger partial charge in [0.25, 0.3) is 0 Å². The minimum Gasteiger partial charge on any atom is -0.506 e. The third-order valence-electron chi connectivity index (χ3n) is 1.60. The number of para-hydroxylation sites is 1. The molecule has 66 valence electrons. The predicted molar refractivity (Wildman–Crippen MR) is 47.1 cm³/mol. The first-order valence-electron chi connectivity index (χ1n) is 3.52. The zero-order valence-corrected chi connectivity index (χ0v) is 7.12. The standard InChI is InChI=1S/C8H10ClNO2/c9-6-3-1-2-5(8(6)12)7(11)4-10/h1-3,7,11-12H,4,10H2/t7-/m0/s1. The number of benzene rings is 1. The minimum atomic E-state index is -0.858. The quantitative estimate of drug-likeness (QED) is 0.648. The lowest BCUT2D eigenvalue weighted by Gasteiger charge is -2.10. The summed E-state index contributed by atoms with van der Waals surface area (Å²) in [5, 5.41) is 18.9. The van der Waals surface area contributed by atoms with Crippen molar-refractivity contribution in [3.8, 4) is 5.75 Å². The van der Waals surface area contributed by atoms with Crippen LogP contribution in [-0.2, 0) is 0 Å². The van der Waals surface area contributed by atoms with E-state index >= 15 is 0 Å². The highest BCUT2D eigenvalue weighted by Crippen LogP contribution is 2.30. The molecule has 12 heavy (non-hydrogen) atoms. The summed E-state index contributed by atoms with van der Waals surface area (Å²) in [6.07, 6.45) is -0.858. The van der Waals surface area contributed by atoms with Crippen molar-refractivity contribution >= 4 is 11.6 Å². The molecule has 0 spiro atoms. The molecular formula is C8H10ClNO2. The molecule has 0 bridgehead atoms. The molecule has 0 aromatic heterocycles. The maximum atomic E-state index is 9.35. The smallest absolute Gasteiger partial charge is 0.140 e. The molecule has 0 aliphatic heterocycles. The predicted octanol–water partition coefficient (Wildman–Crippen LogP) is 1.04. The van der Waals surface area contributed by atoms with E-state index in [1.807, 2.05) is 0 Å². The Morgan fingerprint density at radius 1 is 1.50 bits per heavy atom. The van der Waals surface area contributed by atoms with Gasteiger partial charge in [-0.05, 0) is 6.07 Å². The zero-order valence-electron chi connectivity index (χ0n) is 6.37. The van der Waals surface area contributed by atoms with Gasteiger partial charge in [0, 0.05) is 12.1 Å². The molecule has 1 aromatic carbocycles. The first-order valence-corrected chi connectivity index (χ1v) is 3.90. The van der Waals surface area contributed by atoms with Crippen LogP contribution < -0.4 is 5.73 Å². The van der Waals surface area contributed by atoms with Crippen molar-refractivity contribution in [3.05, 3.63) is 28.8 Å². The van der Waals surface area contributed by atoms with E-state index in [2.05, 4.69) is 0 Å². The van der Waals surface area contributed by atoms with Gasteiger partial charge in [0.1, 0.15) is 5.75 Å². The zero-order chi connectivity index (χ0) is 9.14. The van der Waals surface area contributed by atoms with Crippen molar-refractivity contribution < 1.29 is 10.2 Å². The van der Waals surface area contributed by atoms with Gasteiger partial charge in [0.05, 0.1) is 11.1 Å². The van der Waals surface area contributed by atoms with E-state index < -0.39 is 6.10 Å². The summed E-state index contributed by atoms with van der Waals surface area (Å²) in [5.41, 5.74) is 5.58. The van der Waals surface area contributed by atoms with Gasteiger partial charge in [-0.2, -0.15) is 0 Å². The highest BCUT2D eigenvalue weighted by Gasteiger charge is 2.11. The van der Waals surface area contributed by atoms with Gasteiger partial charge in [-0.1, -0.05) is 23.7 Å². The second-order valence-electron chi connectivity index (χ2n) is 2.43. The molecular weight excluding hydrogens is 178 g/mol. The number of phenolic OH excluding ortho intramolecular Hbond substituents is 1. The maximum Gasteiger partial charge on any atom is 0.140 e. The van der Waals surface area contributed by atoms with Crippen molar-refractivity contribution in [3.63, 3.8) is 0 Å². The molecule has 3 nitrogen and oxygen atoms in total. The third kappa shape index (κ3) is 1.69. The van der Waals surface area contributed by atoms with Crippen molar-refractivity contribution in [1.82, 2.24) is 0 Å². The van der Waals surface area contributed by atoms with Gasteiger partial charge < -0.3 is 15.9 Å². The monoisotopic (exact) mass is 187 g/mol. The Labute approximate surface area is 75.4 Å². The summed E-state index contributed by atoms with van der Waals surface area (Å²) in [7, 11) is 0. The SMILES string of the molecule is NC[C@H](O)c1cccc(Cl)c1O. The van der Waals surface area contributed by atoms with E-state index in [0.29, 0.717) is 5.56 Å². The Morgan fingerprint density at radius 2 is 2.17 bits per heavy atom. The fraction of sp³-hybridized carbons (Fsp3) is 0.250. The molecule has 1 atom stereocenters. The normalized spacial score (nSPS) is 12.9. The second kappa shape index (κ2) is 3.76. The molecule has 0 radical (unpaired) electrons. The van der Waals surface area contributed by atoms with Crippen LogP contribution in [0.4, 0.5) is 0 Å². The van der Waals surface area contributed by atoms with Crippen molar-refractivity contribution in [2.45, 2.75) is 6.10 Å². The molecule has 0 heterocycles. The fourth-order valence-corrected chi connectivity index (χ4v) is 1.11. The number of hydrogen-bond donors (Lipinski definition) is 3. The lowest BCUT2D eigenvalue weighted by molar-refractivity contribution is 0.182. The number of aliphatic hydroxyl groups excluding tert-OH is 1. The van der Waals surface area contributed by atoms with Gasteiger partial charge in [-0.3, -0.25) is 0 Å². The number of hydrogen-bond acceptors (Lipinski definition) is 3. The molecule has 0 saturated carbocycles. The Kier molecular flexibility index (Phi) is 2.92. The van der Waals surface area contributed by atoms with Gasteiger partial charge >= 0.3 is 0 Å². The van der Waals surface area contributed by atoms with E-state index in [4.69, 9.17) is 17.3 Å². The summed E-state index contributed by atoms with van der Waals surface area (Å²) in [5.74, 6) is -0.0999. The summed E-state index contributed by atoms with van der Waals surface area (Å²) in [6.45, 7) is 0.0634. The fourth-order valence-electron chi connectivity index (χ4n) is 0.928. The van der Waals surface area contributed by atoms with Gasteiger partial charge in [0.15, 0.2) is 0 Å². The third-order valence-corrected chi connectivity index (χ3v) is 1.91. The van der Waals surface area contributed by atoms with Crippen LogP contribution in [0.25, 0.3) is 0 Å². The van der Waals surface area contributed by atoms with Crippen LogP contribution in [0.3, 0.4) is 0 Å². The molecule has 0 unspecified atom stereocenters. The number of aromatic hydroxyl groups is 1. The van der Waals surface area contributed by atoms with Crippen molar-refractivity contribution in [1.29, 1.82) is 0 Å². The van der Waals surface area contributed by atoms with Crippen LogP contribution >= 0.6 is 11.6 Å².